The number of amides is 1. The molecule has 1 N–H and O–H groups in total. The van der Waals surface area contributed by atoms with E-state index < -0.39 is 0 Å². The molecule has 0 spiro atoms. The lowest BCUT2D eigenvalue weighted by molar-refractivity contribution is -0.115. The second-order valence-electron chi connectivity index (χ2n) is 3.14. The molecule has 1 aliphatic rings. The molecular weight excluding hydrogens is 178 g/mol. The monoisotopic (exact) mass is 189 g/mol. The molecule has 0 saturated carbocycles. The van der Waals surface area contributed by atoms with Gasteiger partial charge in [0.05, 0.1) is 6.42 Å². The normalized spacial score (nSPS) is 13.3. The fourth-order valence-electron chi connectivity index (χ4n) is 1.44. The summed E-state index contributed by atoms with van der Waals surface area (Å²) < 4.78 is 5.35. The van der Waals surface area contributed by atoms with Gasteiger partial charge >= 0.3 is 0 Å². The highest BCUT2D eigenvalue weighted by atomic mass is 16.5. The smallest absolute Gasteiger partial charge is 0.228 e. The largest absolute Gasteiger partial charge is 0.489 e. The molecule has 0 unspecified atom stereocenters. The Morgan fingerprint density at radius 1 is 1.57 bits per heavy atom. The lowest BCUT2D eigenvalue weighted by Crippen LogP contribution is -2.03. The molecule has 3 heteroatoms. The summed E-state index contributed by atoms with van der Waals surface area (Å²) in [5.74, 6) is 0.798. The van der Waals surface area contributed by atoms with E-state index in [0.717, 1.165) is 17.0 Å². The summed E-state index contributed by atoms with van der Waals surface area (Å²) in [7, 11) is 0. The number of hydrogen-bond donors (Lipinski definition) is 1. The predicted molar refractivity (Wildman–Crippen MR) is 54.5 cm³/mol. The van der Waals surface area contributed by atoms with Gasteiger partial charge < -0.3 is 10.1 Å². The minimum absolute atomic E-state index is 0.0425. The number of rotatable bonds is 3. The molecule has 0 atom stereocenters. The van der Waals surface area contributed by atoms with Crippen molar-refractivity contribution in [3.63, 3.8) is 0 Å². The molecule has 0 aromatic heterocycles. The van der Waals surface area contributed by atoms with Gasteiger partial charge in [-0.05, 0) is 11.6 Å². The van der Waals surface area contributed by atoms with E-state index in [1.54, 1.807) is 6.08 Å². The van der Waals surface area contributed by atoms with E-state index >= 15 is 0 Å². The molecule has 72 valence electrons. The van der Waals surface area contributed by atoms with E-state index in [-0.39, 0.29) is 5.91 Å². The molecule has 1 aromatic rings. The van der Waals surface area contributed by atoms with E-state index in [1.165, 1.54) is 0 Å². The van der Waals surface area contributed by atoms with E-state index in [1.807, 2.05) is 18.2 Å². The molecule has 0 radical (unpaired) electrons. The van der Waals surface area contributed by atoms with Gasteiger partial charge in [-0.1, -0.05) is 18.7 Å². The van der Waals surface area contributed by atoms with Crippen LogP contribution >= 0.6 is 0 Å². The first kappa shape index (κ1) is 8.81. The molecule has 0 fully saturated rings. The van der Waals surface area contributed by atoms with Crippen molar-refractivity contribution >= 4 is 11.6 Å². The Kier molecular flexibility index (Phi) is 2.23. The first-order valence-electron chi connectivity index (χ1n) is 4.46. The average Bonchev–Trinajstić information content (AvgIpc) is 2.54. The maximum Gasteiger partial charge on any atom is 0.228 e. The molecule has 3 nitrogen and oxygen atoms in total. The van der Waals surface area contributed by atoms with Gasteiger partial charge in [0, 0.05) is 11.8 Å². The minimum Gasteiger partial charge on any atom is -0.489 e. The van der Waals surface area contributed by atoms with Crippen LogP contribution in [-0.4, -0.2) is 12.5 Å². The van der Waals surface area contributed by atoms with E-state index in [4.69, 9.17) is 4.74 Å². The molecule has 14 heavy (non-hydrogen) atoms. The van der Waals surface area contributed by atoms with Crippen molar-refractivity contribution in [3.8, 4) is 5.75 Å². The molecule has 1 aromatic carbocycles. The Labute approximate surface area is 82.4 Å². The lowest BCUT2D eigenvalue weighted by Gasteiger charge is -2.04. The topological polar surface area (TPSA) is 38.3 Å². The molecule has 2 rings (SSSR count). The van der Waals surface area contributed by atoms with Crippen molar-refractivity contribution in [2.24, 2.45) is 0 Å². The summed E-state index contributed by atoms with van der Waals surface area (Å²) in [4.78, 5) is 11.1. The number of anilines is 1. The van der Waals surface area contributed by atoms with Crippen LogP contribution in [0.3, 0.4) is 0 Å². The number of carbonyl (C=O) groups is 1. The average molecular weight is 189 g/mol. The zero-order valence-corrected chi connectivity index (χ0v) is 7.75. The van der Waals surface area contributed by atoms with Crippen LogP contribution in [0.15, 0.2) is 30.9 Å². The van der Waals surface area contributed by atoms with Crippen LogP contribution in [0.5, 0.6) is 5.75 Å². The number of hydrogen-bond acceptors (Lipinski definition) is 2. The maximum atomic E-state index is 11.1. The number of carbonyl (C=O) groups excluding carboxylic acids is 1. The Hall–Kier alpha value is -1.77. The number of benzene rings is 1. The van der Waals surface area contributed by atoms with Crippen molar-refractivity contribution in [1.82, 2.24) is 0 Å². The third kappa shape index (κ3) is 1.62. The molecule has 0 saturated heterocycles. The van der Waals surface area contributed by atoms with E-state index in [0.29, 0.717) is 13.0 Å². The van der Waals surface area contributed by atoms with Gasteiger partial charge in [-0.25, -0.2) is 0 Å². The number of ether oxygens (including phenoxy) is 1. The highest BCUT2D eigenvalue weighted by Gasteiger charge is 2.17. The standard InChI is InChI=1S/C11H11NO2/c1-2-5-14-9-4-3-8-6-11(13)12-10(8)7-9/h2-4,7H,1,5-6H2,(H,12,13). The van der Waals surface area contributed by atoms with Gasteiger partial charge in [0.1, 0.15) is 12.4 Å². The van der Waals surface area contributed by atoms with Gasteiger partial charge in [0.2, 0.25) is 5.91 Å². The Bertz CT molecular complexity index is 385. The van der Waals surface area contributed by atoms with Gasteiger partial charge in [-0.2, -0.15) is 0 Å². The van der Waals surface area contributed by atoms with Gasteiger partial charge in [0.25, 0.3) is 0 Å². The van der Waals surface area contributed by atoms with Crippen LogP contribution in [0.4, 0.5) is 5.69 Å². The summed E-state index contributed by atoms with van der Waals surface area (Å²) in [6.45, 7) is 4.04. The molecular formula is C11H11NO2. The molecule has 1 amide bonds. The summed E-state index contributed by atoms with van der Waals surface area (Å²) >= 11 is 0. The van der Waals surface area contributed by atoms with Crippen molar-refractivity contribution in [2.45, 2.75) is 6.42 Å². The zero-order valence-electron chi connectivity index (χ0n) is 7.75. The van der Waals surface area contributed by atoms with Crippen LogP contribution in [0.2, 0.25) is 0 Å². The molecule has 0 bridgehead atoms. The second-order valence-corrected chi connectivity index (χ2v) is 3.14. The SMILES string of the molecule is C=CCOc1ccc2c(c1)NC(=O)C2. The highest BCUT2D eigenvalue weighted by molar-refractivity contribution is 5.99. The molecule has 1 aliphatic heterocycles. The van der Waals surface area contributed by atoms with Crippen molar-refractivity contribution in [1.29, 1.82) is 0 Å². The van der Waals surface area contributed by atoms with Crippen LogP contribution in [0, 0.1) is 0 Å². The van der Waals surface area contributed by atoms with Crippen molar-refractivity contribution in [3.05, 3.63) is 36.4 Å². The third-order valence-corrected chi connectivity index (χ3v) is 2.07. The van der Waals surface area contributed by atoms with Crippen molar-refractivity contribution in [2.75, 3.05) is 11.9 Å². The summed E-state index contributed by atoms with van der Waals surface area (Å²) in [5.41, 5.74) is 1.89. The maximum absolute atomic E-state index is 11.1. The fourth-order valence-corrected chi connectivity index (χ4v) is 1.44. The summed E-state index contributed by atoms with van der Waals surface area (Å²) in [5, 5.41) is 2.77. The van der Waals surface area contributed by atoms with Crippen LogP contribution in [0.1, 0.15) is 5.56 Å². The fraction of sp³-hybridized carbons (Fsp3) is 0.182. The zero-order chi connectivity index (χ0) is 9.97. The van der Waals surface area contributed by atoms with Gasteiger partial charge in [0.15, 0.2) is 0 Å². The van der Waals surface area contributed by atoms with Crippen LogP contribution in [0.25, 0.3) is 0 Å². The summed E-state index contributed by atoms with van der Waals surface area (Å²) in [6, 6.07) is 5.61. The van der Waals surface area contributed by atoms with E-state index in [9.17, 15) is 4.79 Å². The highest BCUT2D eigenvalue weighted by Crippen LogP contribution is 2.27. The van der Waals surface area contributed by atoms with E-state index in [2.05, 4.69) is 11.9 Å². The lowest BCUT2D eigenvalue weighted by atomic mass is 10.1. The Morgan fingerprint density at radius 2 is 2.43 bits per heavy atom. The third-order valence-electron chi connectivity index (χ3n) is 2.07. The summed E-state index contributed by atoms with van der Waals surface area (Å²) in [6.07, 6.45) is 2.16. The van der Waals surface area contributed by atoms with Crippen molar-refractivity contribution < 1.29 is 9.53 Å². The predicted octanol–water partition coefficient (Wildman–Crippen LogP) is 1.75. The quantitative estimate of drug-likeness (QED) is 0.735. The first-order chi connectivity index (χ1) is 6.79. The second kappa shape index (κ2) is 3.54. The number of nitrogens with one attached hydrogen (secondary N) is 1. The minimum atomic E-state index is 0.0425. The van der Waals surface area contributed by atoms with Crippen LogP contribution in [-0.2, 0) is 11.2 Å². The van der Waals surface area contributed by atoms with Crippen LogP contribution < -0.4 is 10.1 Å². The Balaban J connectivity index is 2.19. The Morgan fingerprint density at radius 3 is 3.21 bits per heavy atom. The number of fused-ring (bicyclic) bond motifs is 1. The van der Waals surface area contributed by atoms with Gasteiger partial charge in [-0.15, -0.1) is 0 Å². The molecule has 0 aliphatic carbocycles. The molecule has 1 heterocycles. The first-order valence-corrected chi connectivity index (χ1v) is 4.46. The van der Waals surface area contributed by atoms with Gasteiger partial charge in [-0.3, -0.25) is 4.79 Å².